The average molecular weight is 432 g/mol. The Kier molecular flexibility index (Phi) is 4.24. The van der Waals surface area contributed by atoms with Crippen LogP contribution in [0, 0.1) is 6.92 Å². The van der Waals surface area contributed by atoms with Gasteiger partial charge in [-0.15, -0.1) is 11.3 Å². The lowest BCUT2D eigenvalue weighted by Gasteiger charge is -2.10. The van der Waals surface area contributed by atoms with Crippen molar-refractivity contribution in [2.75, 3.05) is 0 Å². The molecule has 1 aliphatic rings. The molecule has 30 heavy (non-hydrogen) atoms. The first-order chi connectivity index (χ1) is 14.3. The maximum atomic E-state index is 13.5. The van der Waals surface area contributed by atoms with Crippen molar-refractivity contribution in [3.8, 4) is 11.3 Å². The predicted molar refractivity (Wildman–Crippen MR) is 103 cm³/mol. The highest BCUT2D eigenvalue weighted by atomic mass is 32.1. The van der Waals surface area contributed by atoms with E-state index in [9.17, 15) is 18.0 Å². The smallest absolute Gasteiger partial charge is 0.269 e. The highest BCUT2D eigenvalue weighted by Gasteiger charge is 2.38. The van der Waals surface area contributed by atoms with Gasteiger partial charge in [-0.2, -0.15) is 18.3 Å². The van der Waals surface area contributed by atoms with Gasteiger partial charge in [0.25, 0.3) is 5.56 Å². The Hall–Kier alpha value is -3.08. The molecule has 0 bridgehead atoms. The lowest BCUT2D eigenvalue weighted by Crippen LogP contribution is -2.19. The minimum Gasteiger partial charge on any atom is -0.269 e. The van der Waals surface area contributed by atoms with Crippen molar-refractivity contribution in [2.24, 2.45) is 0 Å². The summed E-state index contributed by atoms with van der Waals surface area (Å²) in [5, 5.41) is 4.15. The van der Waals surface area contributed by atoms with Gasteiger partial charge in [-0.3, -0.25) is 13.9 Å². The van der Waals surface area contributed by atoms with Crippen LogP contribution in [-0.2, 0) is 12.7 Å². The molecule has 0 aliphatic heterocycles. The first kappa shape index (κ1) is 18.9. The topological polar surface area (TPSA) is 78.0 Å². The molecular formula is C19H15F3N6OS. The normalized spacial score (nSPS) is 14.5. The Morgan fingerprint density at radius 1 is 1.20 bits per heavy atom. The number of aryl methyl sites for hydroxylation is 1. The van der Waals surface area contributed by atoms with Crippen LogP contribution in [0.2, 0.25) is 0 Å². The van der Waals surface area contributed by atoms with Crippen molar-refractivity contribution >= 4 is 16.3 Å². The molecule has 1 fully saturated rings. The van der Waals surface area contributed by atoms with E-state index in [1.165, 1.54) is 28.1 Å². The van der Waals surface area contributed by atoms with Gasteiger partial charge in [0.1, 0.15) is 12.0 Å². The number of nitrogens with zero attached hydrogens (tertiary/aromatic N) is 6. The van der Waals surface area contributed by atoms with Gasteiger partial charge in [-0.05, 0) is 25.8 Å². The average Bonchev–Trinajstić information content (AvgIpc) is 3.35. The summed E-state index contributed by atoms with van der Waals surface area (Å²) in [6.07, 6.45) is 1.76. The number of thiazole rings is 1. The summed E-state index contributed by atoms with van der Waals surface area (Å²) in [5.74, 6) is 0.0870. The molecule has 1 saturated carbocycles. The third kappa shape index (κ3) is 3.28. The molecule has 11 heteroatoms. The Bertz CT molecular complexity index is 1300. The fourth-order valence-electron chi connectivity index (χ4n) is 3.48. The van der Waals surface area contributed by atoms with Crippen LogP contribution in [0.5, 0.6) is 0 Å². The summed E-state index contributed by atoms with van der Waals surface area (Å²) in [6.45, 7) is 1.62. The summed E-state index contributed by atoms with van der Waals surface area (Å²) < 4.78 is 42.7. The monoisotopic (exact) mass is 432 g/mol. The Morgan fingerprint density at radius 3 is 2.60 bits per heavy atom. The highest BCUT2D eigenvalue weighted by molar-refractivity contribution is 7.17. The fourth-order valence-corrected chi connectivity index (χ4v) is 4.49. The molecule has 1 aliphatic carbocycles. The molecular weight excluding hydrogens is 417 g/mol. The van der Waals surface area contributed by atoms with Gasteiger partial charge in [0.15, 0.2) is 4.96 Å². The van der Waals surface area contributed by atoms with Crippen molar-refractivity contribution in [3.05, 3.63) is 63.2 Å². The van der Waals surface area contributed by atoms with Crippen LogP contribution >= 0.6 is 11.3 Å². The van der Waals surface area contributed by atoms with Crippen LogP contribution in [0.1, 0.15) is 40.7 Å². The zero-order valence-corrected chi connectivity index (χ0v) is 16.5. The van der Waals surface area contributed by atoms with Gasteiger partial charge >= 0.3 is 6.18 Å². The van der Waals surface area contributed by atoms with Crippen molar-refractivity contribution in [1.29, 1.82) is 0 Å². The maximum absolute atomic E-state index is 13.5. The SMILES string of the molecule is Cc1sc2nc(Cn3nc(C4CC4)cc3C(F)(F)F)cc(=O)n2c1-c1cncnc1. The molecule has 0 amide bonds. The molecule has 4 aromatic rings. The van der Waals surface area contributed by atoms with E-state index in [-0.39, 0.29) is 23.7 Å². The second-order valence-corrected chi connectivity index (χ2v) is 8.40. The van der Waals surface area contributed by atoms with Crippen LogP contribution < -0.4 is 5.56 Å². The summed E-state index contributed by atoms with van der Waals surface area (Å²) in [7, 11) is 0. The van der Waals surface area contributed by atoms with E-state index >= 15 is 0 Å². The molecule has 0 spiro atoms. The summed E-state index contributed by atoms with van der Waals surface area (Å²) >= 11 is 1.29. The molecule has 0 aromatic carbocycles. The molecule has 5 rings (SSSR count). The van der Waals surface area contributed by atoms with E-state index in [2.05, 4.69) is 20.1 Å². The number of fused-ring (bicyclic) bond motifs is 1. The molecule has 7 nitrogen and oxygen atoms in total. The molecule has 0 unspecified atom stereocenters. The number of hydrogen-bond acceptors (Lipinski definition) is 6. The molecule has 0 atom stereocenters. The van der Waals surface area contributed by atoms with Gasteiger partial charge in [0, 0.05) is 34.8 Å². The van der Waals surface area contributed by atoms with Crippen molar-refractivity contribution in [2.45, 2.75) is 38.4 Å². The van der Waals surface area contributed by atoms with Gasteiger partial charge in [-0.1, -0.05) is 0 Å². The van der Waals surface area contributed by atoms with E-state index in [0.29, 0.717) is 21.9 Å². The third-order valence-corrected chi connectivity index (χ3v) is 5.93. The van der Waals surface area contributed by atoms with Gasteiger partial charge in [0.2, 0.25) is 0 Å². The maximum Gasteiger partial charge on any atom is 0.433 e. The largest absolute Gasteiger partial charge is 0.433 e. The van der Waals surface area contributed by atoms with Gasteiger partial charge < -0.3 is 0 Å². The van der Waals surface area contributed by atoms with Gasteiger partial charge in [-0.25, -0.2) is 15.0 Å². The van der Waals surface area contributed by atoms with Crippen LogP contribution in [0.3, 0.4) is 0 Å². The first-order valence-electron chi connectivity index (χ1n) is 9.23. The molecule has 0 radical (unpaired) electrons. The lowest BCUT2D eigenvalue weighted by molar-refractivity contribution is -0.144. The molecule has 0 N–H and O–H groups in total. The Labute approximate surface area is 171 Å². The predicted octanol–water partition coefficient (Wildman–Crippen LogP) is 3.66. The minimum absolute atomic E-state index is 0.0870. The number of rotatable bonds is 4. The van der Waals surface area contributed by atoms with Crippen LogP contribution in [-0.4, -0.2) is 29.1 Å². The van der Waals surface area contributed by atoms with Crippen molar-refractivity contribution in [3.63, 3.8) is 0 Å². The zero-order chi connectivity index (χ0) is 21.0. The highest BCUT2D eigenvalue weighted by Crippen LogP contribution is 2.41. The standard InChI is InChI=1S/C19H15F3N6OS/c1-10-17(12-6-23-9-24-7-12)28-16(29)4-13(25-18(28)30-10)8-27-15(19(20,21)22)5-14(26-27)11-2-3-11/h4-7,9,11H,2-3,8H2,1H3. The van der Waals surface area contributed by atoms with Crippen molar-refractivity contribution in [1.82, 2.24) is 29.1 Å². The Morgan fingerprint density at radius 2 is 1.93 bits per heavy atom. The summed E-state index contributed by atoms with van der Waals surface area (Å²) in [5.41, 5.74) is 0.771. The van der Waals surface area contributed by atoms with Crippen LogP contribution in [0.4, 0.5) is 13.2 Å². The van der Waals surface area contributed by atoms with E-state index in [1.807, 2.05) is 6.92 Å². The third-order valence-electron chi connectivity index (χ3n) is 4.97. The summed E-state index contributed by atoms with van der Waals surface area (Å²) in [4.78, 5) is 26.5. The minimum atomic E-state index is -4.53. The summed E-state index contributed by atoms with van der Waals surface area (Å²) in [6, 6.07) is 2.36. The molecule has 4 heterocycles. The molecule has 0 saturated heterocycles. The first-order valence-corrected chi connectivity index (χ1v) is 10.1. The van der Waals surface area contributed by atoms with Crippen LogP contribution in [0.15, 0.2) is 35.6 Å². The number of hydrogen-bond donors (Lipinski definition) is 0. The van der Waals surface area contributed by atoms with E-state index < -0.39 is 11.9 Å². The van der Waals surface area contributed by atoms with E-state index in [4.69, 9.17) is 0 Å². The molecule has 154 valence electrons. The number of halogens is 3. The fraction of sp³-hybridized carbons (Fsp3) is 0.316. The second kappa shape index (κ2) is 6.73. The lowest BCUT2D eigenvalue weighted by atomic mass is 10.2. The van der Waals surface area contributed by atoms with E-state index in [0.717, 1.165) is 28.5 Å². The zero-order valence-electron chi connectivity index (χ0n) is 15.7. The second-order valence-electron chi connectivity index (χ2n) is 7.22. The van der Waals surface area contributed by atoms with E-state index in [1.54, 1.807) is 12.4 Å². The quantitative estimate of drug-likeness (QED) is 0.492. The van der Waals surface area contributed by atoms with Crippen molar-refractivity contribution < 1.29 is 13.2 Å². The number of alkyl halides is 3. The molecule has 4 aromatic heterocycles. The Balaban J connectivity index is 1.58. The number of aromatic nitrogens is 6. The van der Waals surface area contributed by atoms with Gasteiger partial charge in [0.05, 0.1) is 23.6 Å². The van der Waals surface area contributed by atoms with Crippen LogP contribution in [0.25, 0.3) is 16.2 Å².